The van der Waals surface area contributed by atoms with Gasteiger partial charge in [-0.05, 0) is 49.7 Å². The van der Waals surface area contributed by atoms with E-state index >= 15 is 0 Å². The van der Waals surface area contributed by atoms with Crippen LogP contribution in [0.2, 0.25) is 5.02 Å². The number of hydrogen-bond donors (Lipinski definition) is 2. The first-order valence-corrected chi connectivity index (χ1v) is 12.5. The van der Waals surface area contributed by atoms with Gasteiger partial charge in [0.05, 0.1) is 40.5 Å². The molecule has 7 nitrogen and oxygen atoms in total. The van der Waals surface area contributed by atoms with Gasteiger partial charge in [0, 0.05) is 16.4 Å². The Morgan fingerprint density at radius 2 is 2.03 bits per heavy atom. The van der Waals surface area contributed by atoms with E-state index in [4.69, 9.17) is 21.1 Å². The van der Waals surface area contributed by atoms with Crippen molar-refractivity contribution in [1.82, 2.24) is 5.32 Å². The molecule has 1 amide bonds. The summed E-state index contributed by atoms with van der Waals surface area (Å²) in [6, 6.07) is 16.3. The highest BCUT2D eigenvalue weighted by Gasteiger charge is 2.35. The van der Waals surface area contributed by atoms with Gasteiger partial charge in [-0.2, -0.15) is 5.26 Å². The molecule has 2 aromatic carbocycles. The van der Waals surface area contributed by atoms with Crippen LogP contribution in [0, 0.1) is 11.3 Å². The molecule has 9 heteroatoms. The maximum Gasteiger partial charge on any atom is 0.337 e. The molecule has 1 aliphatic rings. The highest BCUT2D eigenvalue weighted by Crippen LogP contribution is 2.41. The monoisotopic (exact) mass is 523 g/mol. The second-order valence-electron chi connectivity index (χ2n) is 7.69. The summed E-state index contributed by atoms with van der Waals surface area (Å²) in [5, 5.41) is 17.1. The van der Waals surface area contributed by atoms with Crippen LogP contribution in [-0.4, -0.2) is 30.8 Å². The van der Waals surface area contributed by atoms with Gasteiger partial charge in [0.25, 0.3) is 0 Å². The van der Waals surface area contributed by atoms with Gasteiger partial charge in [-0.1, -0.05) is 54.2 Å². The molecule has 2 aromatic rings. The average molecular weight is 524 g/mol. The second-order valence-corrected chi connectivity index (χ2v) is 9.11. The number of hydrogen-bond acceptors (Lipinski definition) is 7. The molecular weight excluding hydrogens is 498 g/mol. The topological polar surface area (TPSA) is 100 Å². The van der Waals surface area contributed by atoms with E-state index in [-0.39, 0.29) is 18.3 Å². The van der Waals surface area contributed by atoms with Crippen molar-refractivity contribution in [3.8, 4) is 11.8 Å². The Bertz CT molecular complexity index is 1250. The predicted molar refractivity (Wildman–Crippen MR) is 143 cm³/mol. The van der Waals surface area contributed by atoms with Crippen molar-refractivity contribution in [2.45, 2.75) is 19.8 Å². The summed E-state index contributed by atoms with van der Waals surface area (Å²) in [6.07, 6.45) is 1.48. The van der Waals surface area contributed by atoms with E-state index in [1.807, 2.05) is 19.1 Å². The van der Waals surface area contributed by atoms with Gasteiger partial charge >= 0.3 is 5.97 Å². The lowest BCUT2D eigenvalue weighted by Crippen LogP contribution is -2.29. The highest BCUT2D eigenvalue weighted by atomic mass is 35.5. The zero-order valence-corrected chi connectivity index (χ0v) is 21.5. The van der Waals surface area contributed by atoms with Crippen LogP contribution in [0.15, 0.2) is 83.1 Å². The second kappa shape index (κ2) is 12.9. The normalized spacial score (nSPS) is 15.0. The first kappa shape index (κ1) is 26.9. The molecule has 2 N–H and O–H groups in total. The van der Waals surface area contributed by atoms with Crippen molar-refractivity contribution in [2.75, 3.05) is 24.3 Å². The number of thioether (sulfide) groups is 1. The number of nitrogens with one attached hydrogen (secondary N) is 2. The number of ether oxygens (including phenoxy) is 2. The van der Waals surface area contributed by atoms with E-state index in [0.29, 0.717) is 44.9 Å². The number of nitrogens with zero attached hydrogens (tertiary/aromatic N) is 1. The minimum Gasteiger partial charge on any atom is -0.494 e. The number of benzene rings is 2. The number of amides is 1. The third kappa shape index (κ3) is 6.72. The number of carbonyl (C=O) groups excluding carboxylic acids is 2. The van der Waals surface area contributed by atoms with E-state index in [0.717, 1.165) is 5.56 Å². The first-order chi connectivity index (χ1) is 17.4. The molecule has 0 radical (unpaired) electrons. The molecule has 0 spiro atoms. The zero-order valence-electron chi connectivity index (χ0n) is 20.0. The maximum atomic E-state index is 13.0. The Kier molecular flexibility index (Phi) is 9.62. The number of nitriles is 1. The summed E-state index contributed by atoms with van der Waals surface area (Å²) in [7, 11) is 0. The third-order valence-electron chi connectivity index (χ3n) is 5.18. The van der Waals surface area contributed by atoms with Gasteiger partial charge < -0.3 is 20.1 Å². The van der Waals surface area contributed by atoms with Gasteiger partial charge in [0.2, 0.25) is 5.91 Å². The van der Waals surface area contributed by atoms with Crippen LogP contribution in [0.4, 0.5) is 5.69 Å². The van der Waals surface area contributed by atoms with Crippen LogP contribution in [0.25, 0.3) is 0 Å². The zero-order chi connectivity index (χ0) is 26.1. The minimum atomic E-state index is -0.678. The molecule has 0 aliphatic carbocycles. The molecule has 1 unspecified atom stereocenters. The smallest absolute Gasteiger partial charge is 0.337 e. The fourth-order valence-corrected chi connectivity index (χ4v) is 4.75. The number of dihydropyridines is 1. The molecule has 3 rings (SSSR count). The van der Waals surface area contributed by atoms with E-state index in [9.17, 15) is 14.9 Å². The number of esters is 1. The lowest BCUT2D eigenvalue weighted by atomic mass is 9.82. The molecule has 0 saturated heterocycles. The number of halogens is 1. The number of carbonyl (C=O) groups is 2. The summed E-state index contributed by atoms with van der Waals surface area (Å²) < 4.78 is 10.9. The van der Waals surface area contributed by atoms with Gasteiger partial charge in [-0.25, -0.2) is 4.79 Å². The molecule has 186 valence electrons. The van der Waals surface area contributed by atoms with Gasteiger partial charge in [0.15, 0.2) is 0 Å². The van der Waals surface area contributed by atoms with Crippen LogP contribution in [0.5, 0.6) is 5.75 Å². The van der Waals surface area contributed by atoms with Crippen LogP contribution < -0.4 is 15.4 Å². The molecule has 1 heterocycles. The van der Waals surface area contributed by atoms with Gasteiger partial charge in [0.1, 0.15) is 12.4 Å². The van der Waals surface area contributed by atoms with Crippen LogP contribution in [0.1, 0.15) is 25.3 Å². The van der Waals surface area contributed by atoms with Crippen molar-refractivity contribution in [1.29, 1.82) is 5.26 Å². The maximum absolute atomic E-state index is 13.0. The van der Waals surface area contributed by atoms with Crippen LogP contribution >= 0.6 is 23.4 Å². The van der Waals surface area contributed by atoms with Crippen LogP contribution in [0.3, 0.4) is 0 Å². The molecule has 36 heavy (non-hydrogen) atoms. The lowest BCUT2D eigenvalue weighted by Gasteiger charge is -2.29. The van der Waals surface area contributed by atoms with Crippen LogP contribution in [-0.2, 0) is 14.3 Å². The largest absolute Gasteiger partial charge is 0.494 e. The Hall–Kier alpha value is -3.67. The Morgan fingerprint density at radius 3 is 2.67 bits per heavy atom. The van der Waals surface area contributed by atoms with E-state index in [1.54, 1.807) is 43.3 Å². The summed E-state index contributed by atoms with van der Waals surface area (Å²) in [5.41, 5.74) is 2.48. The number of allylic oxidation sites excluding steroid dienone is 2. The van der Waals surface area contributed by atoms with E-state index in [2.05, 4.69) is 23.3 Å². The molecular formula is C27H26ClN3O4S. The third-order valence-corrected chi connectivity index (χ3v) is 6.43. The van der Waals surface area contributed by atoms with Gasteiger partial charge in [-0.15, -0.1) is 0 Å². The standard InChI is InChI=1S/C27H26ClN3O4S/c1-4-13-35-27(33)24-17(3)30-26(36-16-23(32)31-20-8-6-7-19(28)14-20)22(15-29)25(24)18-9-11-21(12-10-18)34-5-2/h4,6-12,14,25,30H,1,5,13,16H2,2-3H3,(H,31,32). The molecule has 1 aliphatic heterocycles. The van der Waals surface area contributed by atoms with Crippen molar-refractivity contribution in [3.05, 3.63) is 93.6 Å². The average Bonchev–Trinajstić information content (AvgIpc) is 2.86. The Labute approximate surface area is 219 Å². The number of rotatable bonds is 10. The molecule has 0 aromatic heterocycles. The highest BCUT2D eigenvalue weighted by molar-refractivity contribution is 8.03. The quantitative estimate of drug-likeness (QED) is 0.311. The van der Waals surface area contributed by atoms with Crippen molar-refractivity contribution < 1.29 is 19.1 Å². The molecule has 1 atom stereocenters. The predicted octanol–water partition coefficient (Wildman–Crippen LogP) is 5.54. The Morgan fingerprint density at radius 1 is 1.28 bits per heavy atom. The van der Waals surface area contributed by atoms with E-state index < -0.39 is 11.9 Å². The first-order valence-electron chi connectivity index (χ1n) is 11.2. The summed E-state index contributed by atoms with van der Waals surface area (Å²) in [4.78, 5) is 25.5. The van der Waals surface area contributed by atoms with Crippen molar-refractivity contribution in [3.63, 3.8) is 0 Å². The summed E-state index contributed by atoms with van der Waals surface area (Å²) in [6.45, 7) is 7.79. The van der Waals surface area contributed by atoms with Crippen molar-refractivity contribution >= 4 is 40.9 Å². The SMILES string of the molecule is C=CCOC(=O)C1=C(C)NC(SCC(=O)Nc2cccc(Cl)c2)=C(C#N)C1c1ccc(OCC)cc1. The fraction of sp³-hybridized carbons (Fsp3) is 0.222. The summed E-state index contributed by atoms with van der Waals surface area (Å²) >= 11 is 7.17. The molecule has 0 bridgehead atoms. The Balaban J connectivity index is 1.90. The minimum absolute atomic E-state index is 0.0412. The summed E-state index contributed by atoms with van der Waals surface area (Å²) in [5.74, 6) is -0.762. The van der Waals surface area contributed by atoms with Gasteiger partial charge in [-0.3, -0.25) is 4.79 Å². The lowest BCUT2D eigenvalue weighted by molar-refractivity contribution is -0.138. The fourth-order valence-electron chi connectivity index (χ4n) is 3.67. The number of anilines is 1. The molecule has 0 saturated carbocycles. The van der Waals surface area contributed by atoms with E-state index in [1.165, 1.54) is 17.8 Å². The molecule has 0 fully saturated rings. The van der Waals surface area contributed by atoms with Crippen molar-refractivity contribution in [2.24, 2.45) is 0 Å².